The molecule has 0 radical (unpaired) electrons. The van der Waals surface area contributed by atoms with Gasteiger partial charge in [0.1, 0.15) is 6.04 Å². The van der Waals surface area contributed by atoms with Gasteiger partial charge in [-0.15, -0.1) is 0 Å². The number of amides is 2. The molecule has 1 aliphatic heterocycles. The molecule has 0 fully saturated rings. The fraction of sp³-hybridized carbons (Fsp3) is 0.571. The van der Waals surface area contributed by atoms with E-state index >= 15 is 0 Å². The van der Waals surface area contributed by atoms with E-state index in [0.717, 1.165) is 0 Å². The van der Waals surface area contributed by atoms with Gasteiger partial charge < -0.3 is 20.1 Å². The van der Waals surface area contributed by atoms with Crippen molar-refractivity contribution in [1.29, 1.82) is 0 Å². The minimum Gasteiger partial charge on any atom is -0.476 e. The highest BCUT2D eigenvalue weighted by atomic mass is 16.5. The highest BCUT2D eigenvalue weighted by Gasteiger charge is 2.29. The van der Waals surface area contributed by atoms with Crippen molar-refractivity contribution in [2.45, 2.75) is 33.0 Å². The zero-order valence-electron chi connectivity index (χ0n) is 13.3. The Hall–Kier alpha value is -2.58. The monoisotopic (exact) mass is 324 g/mol. The molecule has 1 atom stereocenters. The molecule has 23 heavy (non-hydrogen) atoms. The lowest BCUT2D eigenvalue weighted by atomic mass is 10.1. The third kappa shape index (κ3) is 3.61. The van der Waals surface area contributed by atoms with Gasteiger partial charge in [0.2, 0.25) is 0 Å². The predicted octanol–water partition coefficient (Wildman–Crippen LogP) is 0.304. The smallest absolute Gasteiger partial charge is 0.356 e. The maximum Gasteiger partial charge on any atom is 0.356 e. The first-order valence-electron chi connectivity index (χ1n) is 7.26. The molecule has 2 N–H and O–H groups in total. The first-order chi connectivity index (χ1) is 10.8. The highest BCUT2D eigenvalue weighted by molar-refractivity contribution is 5.85. The second kappa shape index (κ2) is 6.67. The zero-order valence-corrected chi connectivity index (χ0v) is 13.3. The van der Waals surface area contributed by atoms with Gasteiger partial charge in [-0.2, -0.15) is 5.10 Å². The van der Waals surface area contributed by atoms with Crippen LogP contribution in [0.3, 0.4) is 0 Å². The van der Waals surface area contributed by atoms with Crippen LogP contribution in [0.2, 0.25) is 0 Å². The largest absolute Gasteiger partial charge is 0.476 e. The molecule has 126 valence electrons. The SMILES string of the molecule is COC(=O)[C@@H](NC(=O)N1CCn2nc(C(=O)O)cc2C1)C(C)C. The van der Waals surface area contributed by atoms with Crippen molar-refractivity contribution in [3.63, 3.8) is 0 Å². The summed E-state index contributed by atoms with van der Waals surface area (Å²) in [5.74, 6) is -1.71. The number of hydrogen-bond acceptors (Lipinski definition) is 5. The van der Waals surface area contributed by atoms with Crippen LogP contribution in [0.1, 0.15) is 30.0 Å². The number of carbonyl (C=O) groups is 3. The fourth-order valence-corrected chi connectivity index (χ4v) is 2.39. The van der Waals surface area contributed by atoms with E-state index < -0.39 is 24.0 Å². The molecule has 9 heteroatoms. The average molecular weight is 324 g/mol. The number of carboxylic acids is 1. The summed E-state index contributed by atoms with van der Waals surface area (Å²) in [6, 6.07) is 0.328. The molecule has 0 spiro atoms. The van der Waals surface area contributed by atoms with Crippen molar-refractivity contribution in [2.24, 2.45) is 5.92 Å². The number of nitrogens with one attached hydrogen (secondary N) is 1. The molecular formula is C14H20N4O5. The maximum absolute atomic E-state index is 12.3. The van der Waals surface area contributed by atoms with E-state index in [9.17, 15) is 14.4 Å². The molecule has 0 aromatic carbocycles. The number of carbonyl (C=O) groups excluding carboxylic acids is 2. The van der Waals surface area contributed by atoms with Gasteiger partial charge in [-0.3, -0.25) is 4.68 Å². The number of ether oxygens (including phenoxy) is 1. The number of esters is 1. The number of urea groups is 1. The van der Waals surface area contributed by atoms with Crippen LogP contribution >= 0.6 is 0 Å². The van der Waals surface area contributed by atoms with Gasteiger partial charge in [-0.25, -0.2) is 14.4 Å². The lowest BCUT2D eigenvalue weighted by molar-refractivity contribution is -0.144. The molecule has 1 aliphatic rings. The van der Waals surface area contributed by atoms with Crippen LogP contribution in [0, 0.1) is 5.92 Å². The van der Waals surface area contributed by atoms with Crippen molar-refractivity contribution >= 4 is 18.0 Å². The van der Waals surface area contributed by atoms with Crippen molar-refractivity contribution in [2.75, 3.05) is 13.7 Å². The van der Waals surface area contributed by atoms with Crippen LogP contribution in [0.5, 0.6) is 0 Å². The van der Waals surface area contributed by atoms with Crippen LogP contribution in [0.15, 0.2) is 6.07 Å². The Balaban J connectivity index is 2.06. The fourth-order valence-electron chi connectivity index (χ4n) is 2.39. The molecule has 9 nitrogen and oxygen atoms in total. The average Bonchev–Trinajstić information content (AvgIpc) is 2.94. The summed E-state index contributed by atoms with van der Waals surface area (Å²) in [5, 5.41) is 15.6. The van der Waals surface area contributed by atoms with E-state index in [1.807, 2.05) is 13.8 Å². The van der Waals surface area contributed by atoms with E-state index in [1.165, 1.54) is 18.1 Å². The number of aromatic carboxylic acids is 1. The molecule has 0 saturated carbocycles. The highest BCUT2D eigenvalue weighted by Crippen LogP contribution is 2.14. The van der Waals surface area contributed by atoms with E-state index in [-0.39, 0.29) is 18.2 Å². The Morgan fingerprint density at radius 3 is 2.61 bits per heavy atom. The number of carboxylic acid groups (broad SMARTS) is 1. The quantitative estimate of drug-likeness (QED) is 0.770. The lowest BCUT2D eigenvalue weighted by Gasteiger charge is -2.30. The molecule has 0 saturated heterocycles. The van der Waals surface area contributed by atoms with Crippen molar-refractivity contribution < 1.29 is 24.2 Å². The lowest BCUT2D eigenvalue weighted by Crippen LogP contribution is -2.52. The van der Waals surface area contributed by atoms with Crippen molar-refractivity contribution in [3.8, 4) is 0 Å². The second-order valence-corrected chi connectivity index (χ2v) is 5.67. The van der Waals surface area contributed by atoms with Gasteiger partial charge in [0.05, 0.1) is 25.9 Å². The second-order valence-electron chi connectivity index (χ2n) is 5.67. The molecule has 0 bridgehead atoms. The third-order valence-electron chi connectivity index (χ3n) is 3.70. The Kier molecular flexibility index (Phi) is 4.87. The molecule has 2 rings (SSSR count). The van der Waals surface area contributed by atoms with Crippen LogP contribution in [-0.4, -0.2) is 57.5 Å². The molecule has 0 unspecified atom stereocenters. The van der Waals surface area contributed by atoms with Crippen LogP contribution in [0.4, 0.5) is 4.79 Å². The zero-order chi connectivity index (χ0) is 17.1. The molecule has 1 aromatic rings. The molecule has 2 amide bonds. The number of nitrogens with zero attached hydrogens (tertiary/aromatic N) is 3. The molecular weight excluding hydrogens is 304 g/mol. The van der Waals surface area contributed by atoms with E-state index in [1.54, 1.807) is 4.68 Å². The summed E-state index contributed by atoms with van der Waals surface area (Å²) < 4.78 is 6.27. The topological polar surface area (TPSA) is 114 Å². The first kappa shape index (κ1) is 16.8. The number of hydrogen-bond donors (Lipinski definition) is 2. The predicted molar refractivity (Wildman–Crippen MR) is 78.8 cm³/mol. The summed E-state index contributed by atoms with van der Waals surface area (Å²) in [7, 11) is 1.27. The minimum atomic E-state index is -1.10. The summed E-state index contributed by atoms with van der Waals surface area (Å²) >= 11 is 0. The summed E-state index contributed by atoms with van der Waals surface area (Å²) in [6.07, 6.45) is 0. The van der Waals surface area contributed by atoms with Crippen molar-refractivity contribution in [3.05, 3.63) is 17.5 Å². The van der Waals surface area contributed by atoms with Crippen LogP contribution in [-0.2, 0) is 22.6 Å². The third-order valence-corrected chi connectivity index (χ3v) is 3.70. The normalized spacial score (nSPS) is 15.0. The van der Waals surface area contributed by atoms with E-state index in [4.69, 9.17) is 9.84 Å². The van der Waals surface area contributed by atoms with Gasteiger partial charge in [0.15, 0.2) is 5.69 Å². The first-order valence-corrected chi connectivity index (χ1v) is 7.26. The number of fused-ring (bicyclic) bond motifs is 1. The Bertz CT molecular complexity index is 625. The summed E-state index contributed by atoms with van der Waals surface area (Å²) in [4.78, 5) is 36.5. The Morgan fingerprint density at radius 2 is 2.04 bits per heavy atom. The summed E-state index contributed by atoms with van der Waals surface area (Å²) in [6.45, 7) is 4.64. The molecule has 2 heterocycles. The number of methoxy groups -OCH3 is 1. The standard InChI is InChI=1S/C14H20N4O5/c1-8(2)11(13(21)23-3)15-14(22)17-4-5-18-9(7-17)6-10(16-18)12(19)20/h6,8,11H,4-5,7H2,1-3H3,(H,15,22)(H,19,20)/t11-/m0/s1. The summed E-state index contributed by atoms with van der Waals surface area (Å²) in [5.41, 5.74) is 0.597. The number of aromatic nitrogens is 2. The number of rotatable bonds is 4. The van der Waals surface area contributed by atoms with Gasteiger partial charge in [0.25, 0.3) is 0 Å². The molecule has 0 aliphatic carbocycles. The Labute approximate surface area is 133 Å². The van der Waals surface area contributed by atoms with Crippen molar-refractivity contribution in [1.82, 2.24) is 20.0 Å². The van der Waals surface area contributed by atoms with Crippen LogP contribution in [0.25, 0.3) is 0 Å². The minimum absolute atomic E-state index is 0.0446. The van der Waals surface area contributed by atoms with Gasteiger partial charge in [-0.05, 0) is 12.0 Å². The molecule has 1 aromatic heterocycles. The van der Waals surface area contributed by atoms with Gasteiger partial charge in [0, 0.05) is 6.54 Å². The van der Waals surface area contributed by atoms with E-state index in [0.29, 0.717) is 18.8 Å². The van der Waals surface area contributed by atoms with Gasteiger partial charge in [-0.1, -0.05) is 13.8 Å². The maximum atomic E-state index is 12.3. The Morgan fingerprint density at radius 1 is 1.35 bits per heavy atom. The van der Waals surface area contributed by atoms with E-state index in [2.05, 4.69) is 10.4 Å². The van der Waals surface area contributed by atoms with Crippen LogP contribution < -0.4 is 5.32 Å². The van der Waals surface area contributed by atoms with Gasteiger partial charge >= 0.3 is 18.0 Å².